The molecule has 0 heterocycles. The monoisotopic (exact) mass is 285 g/mol. The molecule has 2 unspecified atom stereocenters. The van der Waals surface area contributed by atoms with E-state index in [1.165, 1.54) is 4.90 Å². The summed E-state index contributed by atoms with van der Waals surface area (Å²) in [6.45, 7) is 6.75. The average molecular weight is 285 g/mol. The molecule has 6 nitrogen and oxygen atoms in total. The summed E-state index contributed by atoms with van der Waals surface area (Å²) in [6.07, 6.45) is 0.803. The van der Waals surface area contributed by atoms with E-state index >= 15 is 0 Å². The van der Waals surface area contributed by atoms with Crippen molar-refractivity contribution in [2.24, 2.45) is 11.1 Å². The summed E-state index contributed by atoms with van der Waals surface area (Å²) in [4.78, 5) is 25.2. The van der Waals surface area contributed by atoms with E-state index < -0.39 is 11.0 Å². The van der Waals surface area contributed by atoms with Crippen LogP contribution in [0.1, 0.15) is 33.6 Å². The van der Waals surface area contributed by atoms with Crippen LogP contribution in [0.4, 0.5) is 0 Å². The predicted molar refractivity (Wildman–Crippen MR) is 77.1 cm³/mol. The van der Waals surface area contributed by atoms with Crippen LogP contribution in [-0.4, -0.2) is 55.6 Å². The standard InChI is InChI=1S/C14H27N3O3/c1-6-20-10-9-14(15,13(10,2)3)12(19)16-8-7-11(18)17(4)5/h10H,6-9,15H2,1-5H3,(H,16,19). The zero-order chi connectivity index (χ0) is 15.6. The highest BCUT2D eigenvalue weighted by Crippen LogP contribution is 2.49. The highest BCUT2D eigenvalue weighted by molar-refractivity contribution is 5.89. The Kier molecular flexibility index (Phi) is 5.15. The van der Waals surface area contributed by atoms with Crippen LogP contribution in [-0.2, 0) is 14.3 Å². The van der Waals surface area contributed by atoms with E-state index in [9.17, 15) is 9.59 Å². The molecule has 2 atom stereocenters. The molecule has 6 heteroatoms. The molecule has 0 aliphatic heterocycles. The second-order valence-corrected chi connectivity index (χ2v) is 6.14. The van der Waals surface area contributed by atoms with Crippen LogP contribution >= 0.6 is 0 Å². The van der Waals surface area contributed by atoms with Crippen molar-refractivity contribution in [3.63, 3.8) is 0 Å². The summed E-state index contributed by atoms with van der Waals surface area (Å²) in [7, 11) is 3.38. The molecular weight excluding hydrogens is 258 g/mol. The second-order valence-electron chi connectivity index (χ2n) is 6.14. The number of hydrogen-bond acceptors (Lipinski definition) is 4. The van der Waals surface area contributed by atoms with Gasteiger partial charge in [0, 0.05) is 45.5 Å². The summed E-state index contributed by atoms with van der Waals surface area (Å²) < 4.78 is 5.59. The maximum Gasteiger partial charge on any atom is 0.240 e. The Morgan fingerprint density at radius 3 is 2.45 bits per heavy atom. The first-order valence-corrected chi connectivity index (χ1v) is 7.05. The molecule has 0 aromatic carbocycles. The molecule has 116 valence electrons. The molecule has 0 saturated heterocycles. The van der Waals surface area contributed by atoms with Gasteiger partial charge in [0.1, 0.15) is 5.54 Å². The molecule has 0 aromatic rings. The van der Waals surface area contributed by atoms with Crippen LogP contribution in [0.15, 0.2) is 0 Å². The van der Waals surface area contributed by atoms with Crippen molar-refractivity contribution in [2.75, 3.05) is 27.2 Å². The van der Waals surface area contributed by atoms with Crippen LogP contribution < -0.4 is 11.1 Å². The number of carbonyl (C=O) groups is 2. The van der Waals surface area contributed by atoms with Gasteiger partial charge in [-0.05, 0) is 6.92 Å². The quantitative estimate of drug-likeness (QED) is 0.725. The minimum atomic E-state index is -0.923. The van der Waals surface area contributed by atoms with Gasteiger partial charge in [-0.1, -0.05) is 13.8 Å². The van der Waals surface area contributed by atoms with Crippen molar-refractivity contribution in [1.29, 1.82) is 0 Å². The van der Waals surface area contributed by atoms with E-state index in [0.29, 0.717) is 19.6 Å². The van der Waals surface area contributed by atoms with Gasteiger partial charge in [0.25, 0.3) is 0 Å². The van der Waals surface area contributed by atoms with Crippen molar-refractivity contribution in [3.05, 3.63) is 0 Å². The Hall–Kier alpha value is -1.14. The number of rotatable bonds is 6. The number of amides is 2. The highest BCUT2D eigenvalue weighted by Gasteiger charge is 2.62. The summed E-state index contributed by atoms with van der Waals surface area (Å²) >= 11 is 0. The molecular formula is C14H27N3O3. The fraction of sp³-hybridized carbons (Fsp3) is 0.857. The van der Waals surface area contributed by atoms with E-state index in [1.807, 2.05) is 20.8 Å². The summed E-state index contributed by atoms with van der Waals surface area (Å²) in [5.41, 5.74) is 4.91. The number of nitrogens with zero attached hydrogens (tertiary/aromatic N) is 1. The number of hydrogen-bond donors (Lipinski definition) is 2. The van der Waals surface area contributed by atoms with Crippen molar-refractivity contribution >= 4 is 11.8 Å². The third kappa shape index (κ3) is 2.96. The normalized spacial score (nSPS) is 27.6. The third-order valence-electron chi connectivity index (χ3n) is 4.36. The lowest BCUT2D eigenvalue weighted by Crippen LogP contribution is -2.75. The van der Waals surface area contributed by atoms with Crippen molar-refractivity contribution in [3.8, 4) is 0 Å². The van der Waals surface area contributed by atoms with Crippen LogP contribution in [0.5, 0.6) is 0 Å². The van der Waals surface area contributed by atoms with E-state index in [1.54, 1.807) is 14.1 Å². The van der Waals surface area contributed by atoms with Gasteiger partial charge < -0.3 is 20.7 Å². The molecule has 1 aliphatic rings. The Balaban J connectivity index is 2.50. The topological polar surface area (TPSA) is 84.7 Å². The Morgan fingerprint density at radius 2 is 2.00 bits per heavy atom. The lowest BCUT2D eigenvalue weighted by atomic mass is 9.54. The van der Waals surface area contributed by atoms with Crippen molar-refractivity contribution in [2.45, 2.75) is 45.3 Å². The molecule has 1 fully saturated rings. The van der Waals surface area contributed by atoms with E-state index in [4.69, 9.17) is 10.5 Å². The second kappa shape index (κ2) is 6.10. The van der Waals surface area contributed by atoms with Crippen molar-refractivity contribution < 1.29 is 14.3 Å². The molecule has 1 aliphatic carbocycles. The average Bonchev–Trinajstić information content (AvgIpc) is 2.37. The van der Waals surface area contributed by atoms with Gasteiger partial charge in [-0.15, -0.1) is 0 Å². The van der Waals surface area contributed by atoms with Crippen LogP contribution in [0.3, 0.4) is 0 Å². The van der Waals surface area contributed by atoms with Gasteiger partial charge in [-0.2, -0.15) is 0 Å². The van der Waals surface area contributed by atoms with Crippen LogP contribution in [0.25, 0.3) is 0 Å². The first-order chi connectivity index (χ1) is 9.16. The van der Waals surface area contributed by atoms with Gasteiger partial charge >= 0.3 is 0 Å². The van der Waals surface area contributed by atoms with E-state index in [0.717, 1.165) is 0 Å². The summed E-state index contributed by atoms with van der Waals surface area (Å²) in [6, 6.07) is 0. The summed E-state index contributed by atoms with van der Waals surface area (Å²) in [5, 5.41) is 2.76. The SMILES string of the molecule is CCOC1CC(N)(C(=O)NCCC(=O)N(C)C)C1(C)C. The molecule has 0 spiro atoms. The first kappa shape index (κ1) is 16.9. The molecule has 1 saturated carbocycles. The maximum atomic E-state index is 12.2. The van der Waals surface area contributed by atoms with E-state index in [-0.39, 0.29) is 24.3 Å². The minimum absolute atomic E-state index is 0.00616. The molecule has 3 N–H and O–H groups in total. The van der Waals surface area contributed by atoms with Gasteiger partial charge in [-0.25, -0.2) is 0 Å². The molecule has 0 aromatic heterocycles. The Morgan fingerprint density at radius 1 is 1.40 bits per heavy atom. The lowest BCUT2D eigenvalue weighted by molar-refractivity contribution is -0.170. The van der Waals surface area contributed by atoms with Gasteiger partial charge in [0.05, 0.1) is 6.10 Å². The van der Waals surface area contributed by atoms with Crippen molar-refractivity contribution in [1.82, 2.24) is 10.2 Å². The molecule has 0 bridgehead atoms. The zero-order valence-electron chi connectivity index (χ0n) is 13.2. The Labute approximate surface area is 121 Å². The predicted octanol–water partition coefficient (Wildman–Crippen LogP) is 0.113. The number of ether oxygens (including phenoxy) is 1. The third-order valence-corrected chi connectivity index (χ3v) is 4.36. The smallest absolute Gasteiger partial charge is 0.240 e. The number of carbonyl (C=O) groups excluding carboxylic acids is 2. The number of nitrogens with one attached hydrogen (secondary N) is 1. The molecule has 2 amide bonds. The Bertz CT molecular complexity index is 382. The summed E-state index contributed by atoms with van der Waals surface area (Å²) in [5.74, 6) is -0.221. The molecule has 20 heavy (non-hydrogen) atoms. The lowest BCUT2D eigenvalue weighted by Gasteiger charge is -2.57. The minimum Gasteiger partial charge on any atom is -0.378 e. The van der Waals surface area contributed by atoms with Gasteiger partial charge in [-0.3, -0.25) is 9.59 Å². The highest BCUT2D eigenvalue weighted by atomic mass is 16.5. The zero-order valence-corrected chi connectivity index (χ0v) is 13.2. The van der Waals surface area contributed by atoms with E-state index in [2.05, 4.69) is 5.32 Å². The van der Waals surface area contributed by atoms with Gasteiger partial charge in [0.2, 0.25) is 11.8 Å². The first-order valence-electron chi connectivity index (χ1n) is 7.05. The number of nitrogens with two attached hydrogens (primary N) is 1. The largest absolute Gasteiger partial charge is 0.378 e. The maximum absolute atomic E-state index is 12.2. The van der Waals surface area contributed by atoms with Crippen LogP contribution in [0, 0.1) is 5.41 Å². The van der Waals surface area contributed by atoms with Gasteiger partial charge in [0.15, 0.2) is 0 Å². The fourth-order valence-electron chi connectivity index (χ4n) is 2.48. The molecule has 1 rings (SSSR count). The van der Waals surface area contributed by atoms with Crippen LogP contribution in [0.2, 0.25) is 0 Å². The fourth-order valence-corrected chi connectivity index (χ4v) is 2.48. The molecule has 0 radical (unpaired) electrons.